The standard InChI is InChI=1S/C54H72N2O14/c1-55(21-17-37-31-43(59-3)45(61-5)33-39(37)41(55)25-35-27-47(63-7)53(67-11)48(28-35)64-8)19-13-23-69-51(57)15-16-52(58)70-24-14-20-56(2)22-18-38-32-44(60-4)46(62-6)34-40(38)42(56)26-36-29-49(65-9)54(68-12)50(30-36)66-10/h15-16,27-34,41-42H,13-14,17-26H2,1-12H3/q+2. The van der Waals surface area contributed by atoms with Crippen molar-refractivity contribution in [1.82, 2.24) is 0 Å². The van der Waals surface area contributed by atoms with Gasteiger partial charge in [-0.05, 0) is 70.8 Å². The molecule has 16 heteroatoms. The fourth-order valence-electron chi connectivity index (χ4n) is 10.2. The van der Waals surface area contributed by atoms with Crippen molar-refractivity contribution in [3.05, 3.63) is 94.1 Å². The summed E-state index contributed by atoms with van der Waals surface area (Å²) in [5, 5.41) is 0. The molecule has 2 heterocycles. The summed E-state index contributed by atoms with van der Waals surface area (Å²) in [6, 6.07) is 16.3. The van der Waals surface area contributed by atoms with Gasteiger partial charge in [-0.15, -0.1) is 0 Å². The Labute approximate surface area is 412 Å². The Bertz CT molecular complexity index is 2270. The minimum atomic E-state index is -0.610. The Morgan fingerprint density at radius 2 is 0.771 bits per heavy atom. The molecule has 4 atom stereocenters. The zero-order valence-electron chi connectivity index (χ0n) is 43.0. The normalized spacial score (nSPS) is 19.3. The molecule has 4 aromatic rings. The molecule has 6 rings (SSSR count). The third-order valence-corrected chi connectivity index (χ3v) is 14.1. The van der Waals surface area contributed by atoms with Gasteiger partial charge in [0.2, 0.25) is 11.5 Å². The van der Waals surface area contributed by atoms with Gasteiger partial charge in [-0.25, -0.2) is 9.59 Å². The van der Waals surface area contributed by atoms with Crippen molar-refractivity contribution >= 4 is 11.9 Å². The second-order valence-corrected chi connectivity index (χ2v) is 18.0. The van der Waals surface area contributed by atoms with Crippen molar-refractivity contribution in [2.45, 2.75) is 50.6 Å². The van der Waals surface area contributed by atoms with E-state index in [4.69, 9.17) is 56.8 Å². The predicted molar refractivity (Wildman–Crippen MR) is 264 cm³/mol. The molecule has 0 aromatic heterocycles. The number of likely N-dealkylation sites (N-methyl/N-ethyl adjacent to an activating group) is 2. The Hall–Kier alpha value is -6.52. The summed E-state index contributed by atoms with van der Waals surface area (Å²) < 4.78 is 69.4. The fraction of sp³-hybridized carbons (Fsp3) is 0.481. The Morgan fingerprint density at radius 3 is 1.07 bits per heavy atom. The Morgan fingerprint density at radius 1 is 0.457 bits per heavy atom. The SMILES string of the molecule is COc1cc2c(cc1OC)C(Cc1cc(OC)c(OC)c(OC)c1)[N+](C)(CCCOC(=O)C=CC(=O)OCCC[N+]1(C)CCc3cc(OC)c(OC)cc3C1Cc1cc(OC)c(OC)c(OC)c1)CC2. The maximum absolute atomic E-state index is 12.9. The number of methoxy groups -OCH3 is 10. The number of benzene rings is 4. The number of esters is 2. The molecule has 0 saturated carbocycles. The van der Waals surface area contributed by atoms with Gasteiger partial charge in [0, 0.05) is 61.8 Å². The van der Waals surface area contributed by atoms with E-state index in [1.807, 2.05) is 24.3 Å². The van der Waals surface area contributed by atoms with Crippen molar-refractivity contribution < 1.29 is 75.4 Å². The lowest BCUT2D eigenvalue weighted by Crippen LogP contribution is -2.52. The average Bonchev–Trinajstić information content (AvgIpc) is 3.38. The van der Waals surface area contributed by atoms with E-state index in [-0.39, 0.29) is 25.3 Å². The molecule has 380 valence electrons. The molecule has 0 spiro atoms. The van der Waals surface area contributed by atoms with Crippen LogP contribution in [0.1, 0.15) is 58.3 Å². The third kappa shape index (κ3) is 11.7. The average molecular weight is 973 g/mol. The largest absolute Gasteiger partial charge is 0.493 e. The Balaban J connectivity index is 1.07. The summed E-state index contributed by atoms with van der Waals surface area (Å²) in [4.78, 5) is 25.8. The first-order valence-electron chi connectivity index (χ1n) is 23.5. The van der Waals surface area contributed by atoms with E-state index in [9.17, 15) is 9.59 Å². The zero-order chi connectivity index (χ0) is 50.6. The van der Waals surface area contributed by atoms with Gasteiger partial charge < -0.3 is 65.8 Å². The monoisotopic (exact) mass is 972 g/mol. The van der Waals surface area contributed by atoms with Gasteiger partial charge in [0.05, 0.1) is 125 Å². The minimum Gasteiger partial charge on any atom is -0.493 e. The molecule has 4 aromatic carbocycles. The number of quaternary nitrogens is 2. The lowest BCUT2D eigenvalue weighted by molar-refractivity contribution is -0.941. The number of fused-ring (bicyclic) bond motifs is 2. The first kappa shape index (κ1) is 52.8. The molecule has 70 heavy (non-hydrogen) atoms. The van der Waals surface area contributed by atoms with Gasteiger partial charge in [0.1, 0.15) is 12.1 Å². The van der Waals surface area contributed by atoms with Crippen LogP contribution >= 0.6 is 0 Å². The van der Waals surface area contributed by atoms with Crippen LogP contribution in [0.2, 0.25) is 0 Å². The van der Waals surface area contributed by atoms with Gasteiger partial charge >= 0.3 is 11.9 Å². The van der Waals surface area contributed by atoms with Crippen LogP contribution in [0.4, 0.5) is 0 Å². The van der Waals surface area contributed by atoms with Crippen molar-refractivity contribution in [3.8, 4) is 57.5 Å². The third-order valence-electron chi connectivity index (χ3n) is 14.1. The number of ether oxygens (including phenoxy) is 12. The topological polar surface area (TPSA) is 145 Å². The number of hydrogen-bond donors (Lipinski definition) is 0. The fourth-order valence-corrected chi connectivity index (χ4v) is 10.2. The summed E-state index contributed by atoms with van der Waals surface area (Å²) >= 11 is 0. The molecule has 0 N–H and O–H groups in total. The van der Waals surface area contributed by atoms with E-state index >= 15 is 0 Å². The van der Waals surface area contributed by atoms with E-state index in [0.29, 0.717) is 92.1 Å². The van der Waals surface area contributed by atoms with E-state index in [1.165, 1.54) is 11.1 Å². The van der Waals surface area contributed by atoms with Crippen LogP contribution in [0.15, 0.2) is 60.7 Å². The van der Waals surface area contributed by atoms with Crippen molar-refractivity contribution in [1.29, 1.82) is 0 Å². The molecule has 0 radical (unpaired) electrons. The molecular formula is C54H72N2O14+2. The summed E-state index contributed by atoms with van der Waals surface area (Å²) in [7, 11) is 20.7. The van der Waals surface area contributed by atoms with Crippen LogP contribution in [0.25, 0.3) is 0 Å². The van der Waals surface area contributed by atoms with Gasteiger partial charge in [0.25, 0.3) is 0 Å². The molecule has 4 unspecified atom stereocenters. The van der Waals surface area contributed by atoms with Gasteiger partial charge in [-0.2, -0.15) is 0 Å². The molecule has 0 bridgehead atoms. The molecular weight excluding hydrogens is 901 g/mol. The highest BCUT2D eigenvalue weighted by atomic mass is 16.6. The van der Waals surface area contributed by atoms with Crippen LogP contribution in [0.5, 0.6) is 57.5 Å². The molecule has 0 fully saturated rings. The Kier molecular flexibility index (Phi) is 18.0. The lowest BCUT2D eigenvalue weighted by atomic mass is 9.86. The molecule has 0 amide bonds. The second-order valence-electron chi connectivity index (χ2n) is 18.0. The smallest absolute Gasteiger partial charge is 0.331 e. The first-order chi connectivity index (χ1) is 33.7. The zero-order valence-corrected chi connectivity index (χ0v) is 43.0. The van der Waals surface area contributed by atoms with Crippen LogP contribution in [0, 0.1) is 0 Å². The van der Waals surface area contributed by atoms with Gasteiger partial charge in [-0.1, -0.05) is 0 Å². The maximum atomic E-state index is 12.9. The highest BCUT2D eigenvalue weighted by Crippen LogP contribution is 2.47. The van der Waals surface area contributed by atoms with Crippen LogP contribution in [-0.2, 0) is 44.7 Å². The summed E-state index contributed by atoms with van der Waals surface area (Å²) in [5.74, 6) is 4.88. The van der Waals surface area contributed by atoms with Crippen molar-refractivity contribution in [2.24, 2.45) is 0 Å². The first-order valence-corrected chi connectivity index (χ1v) is 23.5. The summed E-state index contributed by atoms with van der Waals surface area (Å²) in [6.45, 7) is 3.49. The molecule has 0 saturated heterocycles. The van der Waals surface area contributed by atoms with Crippen LogP contribution in [-0.4, -0.2) is 145 Å². The quantitative estimate of drug-likeness (QED) is 0.0296. The second kappa shape index (κ2) is 23.9. The lowest BCUT2D eigenvalue weighted by Gasteiger charge is -2.46. The number of nitrogens with zero attached hydrogens (tertiary/aromatic N) is 2. The van der Waals surface area contributed by atoms with Crippen LogP contribution < -0.4 is 47.4 Å². The molecule has 0 aliphatic carbocycles. The summed E-state index contributed by atoms with van der Waals surface area (Å²) in [6.07, 6.45) is 6.43. The number of carbonyl (C=O) groups is 2. The van der Waals surface area contributed by atoms with E-state index < -0.39 is 11.9 Å². The highest BCUT2D eigenvalue weighted by Gasteiger charge is 2.42. The van der Waals surface area contributed by atoms with Gasteiger partial charge in [0.15, 0.2) is 46.0 Å². The van der Waals surface area contributed by atoms with Crippen molar-refractivity contribution in [2.75, 3.05) is 125 Å². The van der Waals surface area contributed by atoms with Crippen molar-refractivity contribution in [3.63, 3.8) is 0 Å². The van der Waals surface area contributed by atoms with Gasteiger partial charge in [-0.3, -0.25) is 0 Å². The van der Waals surface area contributed by atoms with E-state index in [0.717, 1.165) is 73.4 Å². The molecule has 2 aliphatic heterocycles. The number of rotatable bonds is 24. The number of hydrogen-bond acceptors (Lipinski definition) is 14. The van der Waals surface area contributed by atoms with E-state index in [1.54, 1.807) is 71.1 Å². The summed E-state index contributed by atoms with van der Waals surface area (Å²) in [5.41, 5.74) is 6.74. The van der Waals surface area contributed by atoms with E-state index in [2.05, 4.69) is 38.4 Å². The molecule has 2 aliphatic rings. The minimum absolute atomic E-state index is 0.00671. The number of carbonyl (C=O) groups excluding carboxylic acids is 2. The molecule has 16 nitrogen and oxygen atoms in total. The highest BCUT2D eigenvalue weighted by molar-refractivity contribution is 5.91. The maximum Gasteiger partial charge on any atom is 0.331 e. The van der Waals surface area contributed by atoms with Crippen LogP contribution in [0.3, 0.4) is 0 Å². The predicted octanol–water partition coefficient (Wildman–Crippen LogP) is 7.47.